The standard InChI is InChI=1S/C13H20N2/c1-13(2)9-8-11(14)10-15(13)12-6-4-3-5-7-12/h3-7,11H,8-10,14H2,1-2H3/t11-/m0/s1. The largest absolute Gasteiger partial charge is 0.365 e. The van der Waals surface area contributed by atoms with E-state index in [1.807, 2.05) is 0 Å². The highest BCUT2D eigenvalue weighted by molar-refractivity contribution is 5.49. The van der Waals surface area contributed by atoms with Gasteiger partial charge in [-0.15, -0.1) is 0 Å². The van der Waals surface area contributed by atoms with Crippen LogP contribution in [0.4, 0.5) is 5.69 Å². The molecule has 0 radical (unpaired) electrons. The summed E-state index contributed by atoms with van der Waals surface area (Å²) in [5.41, 5.74) is 7.56. The number of hydrogen-bond acceptors (Lipinski definition) is 2. The maximum Gasteiger partial charge on any atom is 0.0371 e. The quantitative estimate of drug-likeness (QED) is 0.761. The van der Waals surface area contributed by atoms with Crippen LogP contribution in [-0.4, -0.2) is 18.1 Å². The molecule has 2 nitrogen and oxygen atoms in total. The van der Waals surface area contributed by atoms with E-state index in [4.69, 9.17) is 5.73 Å². The van der Waals surface area contributed by atoms with Crippen LogP contribution in [0.2, 0.25) is 0 Å². The number of para-hydroxylation sites is 1. The van der Waals surface area contributed by atoms with Crippen molar-refractivity contribution in [3.8, 4) is 0 Å². The van der Waals surface area contributed by atoms with E-state index in [0.717, 1.165) is 13.0 Å². The van der Waals surface area contributed by atoms with Crippen LogP contribution in [0.1, 0.15) is 26.7 Å². The van der Waals surface area contributed by atoms with Gasteiger partial charge in [0.2, 0.25) is 0 Å². The molecule has 2 heteroatoms. The van der Waals surface area contributed by atoms with Gasteiger partial charge in [0.15, 0.2) is 0 Å². The first-order valence-electron chi connectivity index (χ1n) is 5.68. The first-order valence-corrected chi connectivity index (χ1v) is 5.68. The lowest BCUT2D eigenvalue weighted by molar-refractivity contribution is 0.335. The van der Waals surface area contributed by atoms with Gasteiger partial charge in [0.05, 0.1) is 0 Å². The van der Waals surface area contributed by atoms with Gasteiger partial charge in [-0.1, -0.05) is 18.2 Å². The molecule has 82 valence electrons. The van der Waals surface area contributed by atoms with Crippen LogP contribution in [0.15, 0.2) is 30.3 Å². The van der Waals surface area contributed by atoms with Gasteiger partial charge in [0, 0.05) is 23.8 Å². The average molecular weight is 204 g/mol. The van der Waals surface area contributed by atoms with E-state index in [9.17, 15) is 0 Å². The predicted molar refractivity (Wildman–Crippen MR) is 65.1 cm³/mol. The minimum Gasteiger partial charge on any atom is -0.365 e. The van der Waals surface area contributed by atoms with Gasteiger partial charge in [0.1, 0.15) is 0 Å². The highest BCUT2D eigenvalue weighted by atomic mass is 15.2. The summed E-state index contributed by atoms with van der Waals surface area (Å²) in [5.74, 6) is 0. The summed E-state index contributed by atoms with van der Waals surface area (Å²) >= 11 is 0. The highest BCUT2D eigenvalue weighted by Gasteiger charge is 2.32. The maximum absolute atomic E-state index is 6.04. The van der Waals surface area contributed by atoms with E-state index in [1.165, 1.54) is 12.1 Å². The van der Waals surface area contributed by atoms with Gasteiger partial charge >= 0.3 is 0 Å². The molecular weight excluding hydrogens is 184 g/mol. The topological polar surface area (TPSA) is 29.3 Å². The molecule has 0 unspecified atom stereocenters. The van der Waals surface area contributed by atoms with Crippen molar-refractivity contribution < 1.29 is 0 Å². The monoisotopic (exact) mass is 204 g/mol. The van der Waals surface area contributed by atoms with Gasteiger partial charge < -0.3 is 10.6 Å². The third kappa shape index (κ3) is 2.15. The maximum atomic E-state index is 6.04. The zero-order chi connectivity index (χ0) is 10.9. The SMILES string of the molecule is CC1(C)CC[C@H](N)CN1c1ccccc1. The molecule has 1 aromatic rings. The number of benzene rings is 1. The fourth-order valence-corrected chi connectivity index (χ4v) is 2.31. The summed E-state index contributed by atoms with van der Waals surface area (Å²) in [6.45, 7) is 5.56. The van der Waals surface area contributed by atoms with Crippen LogP contribution in [0.25, 0.3) is 0 Å². The Hall–Kier alpha value is -1.02. The van der Waals surface area contributed by atoms with Crippen molar-refractivity contribution >= 4 is 5.69 Å². The number of anilines is 1. The Labute approximate surface area is 92.1 Å². The molecule has 0 amide bonds. The number of rotatable bonds is 1. The third-order valence-corrected chi connectivity index (χ3v) is 3.34. The second-order valence-electron chi connectivity index (χ2n) is 5.06. The number of piperidine rings is 1. The summed E-state index contributed by atoms with van der Waals surface area (Å²) in [4.78, 5) is 2.43. The second kappa shape index (κ2) is 3.86. The molecule has 0 bridgehead atoms. The van der Waals surface area contributed by atoms with E-state index >= 15 is 0 Å². The molecule has 0 aromatic heterocycles. The fraction of sp³-hybridized carbons (Fsp3) is 0.538. The van der Waals surface area contributed by atoms with E-state index in [0.29, 0.717) is 6.04 Å². The fourth-order valence-electron chi connectivity index (χ4n) is 2.31. The zero-order valence-corrected chi connectivity index (χ0v) is 9.61. The molecular formula is C13H20N2. The lowest BCUT2D eigenvalue weighted by Gasteiger charge is -2.46. The van der Waals surface area contributed by atoms with Crippen molar-refractivity contribution in [2.75, 3.05) is 11.4 Å². The van der Waals surface area contributed by atoms with E-state index in [1.54, 1.807) is 0 Å². The Bertz CT molecular complexity index is 319. The molecule has 1 aromatic carbocycles. The Morgan fingerprint density at radius 1 is 1.27 bits per heavy atom. The van der Waals surface area contributed by atoms with Gasteiger partial charge in [-0.2, -0.15) is 0 Å². The summed E-state index contributed by atoms with van der Waals surface area (Å²) in [6, 6.07) is 10.9. The van der Waals surface area contributed by atoms with Gasteiger partial charge in [0.25, 0.3) is 0 Å². The zero-order valence-electron chi connectivity index (χ0n) is 9.61. The first kappa shape index (κ1) is 10.5. The summed E-state index contributed by atoms with van der Waals surface area (Å²) in [6.07, 6.45) is 2.30. The second-order valence-corrected chi connectivity index (χ2v) is 5.06. The Balaban J connectivity index is 2.26. The van der Waals surface area contributed by atoms with Crippen molar-refractivity contribution in [3.63, 3.8) is 0 Å². The first-order chi connectivity index (χ1) is 7.09. The summed E-state index contributed by atoms with van der Waals surface area (Å²) in [5, 5.41) is 0. The van der Waals surface area contributed by atoms with E-state index in [-0.39, 0.29) is 5.54 Å². The molecule has 2 N–H and O–H groups in total. The lowest BCUT2D eigenvalue weighted by atomic mass is 9.88. The van der Waals surface area contributed by atoms with Gasteiger partial charge in [-0.3, -0.25) is 0 Å². The molecule has 1 heterocycles. The molecule has 1 saturated heterocycles. The summed E-state index contributed by atoms with van der Waals surface area (Å²) in [7, 11) is 0. The molecule has 2 rings (SSSR count). The smallest absolute Gasteiger partial charge is 0.0371 e. The van der Waals surface area contributed by atoms with Crippen LogP contribution < -0.4 is 10.6 Å². The Kier molecular flexibility index (Phi) is 2.70. The predicted octanol–water partition coefficient (Wildman–Crippen LogP) is 2.39. The molecule has 1 aliphatic rings. The van der Waals surface area contributed by atoms with Crippen LogP contribution in [-0.2, 0) is 0 Å². The van der Waals surface area contributed by atoms with Gasteiger partial charge in [-0.25, -0.2) is 0 Å². The minimum atomic E-state index is 0.233. The molecule has 1 aliphatic heterocycles. The van der Waals surface area contributed by atoms with Crippen molar-refractivity contribution in [3.05, 3.63) is 30.3 Å². The molecule has 0 saturated carbocycles. The van der Waals surface area contributed by atoms with Crippen LogP contribution in [0, 0.1) is 0 Å². The molecule has 1 atom stereocenters. The normalized spacial score (nSPS) is 25.3. The van der Waals surface area contributed by atoms with Crippen LogP contribution in [0.3, 0.4) is 0 Å². The number of nitrogens with zero attached hydrogens (tertiary/aromatic N) is 1. The molecule has 1 fully saturated rings. The van der Waals surface area contributed by atoms with Crippen molar-refractivity contribution in [2.45, 2.75) is 38.3 Å². The van der Waals surface area contributed by atoms with Gasteiger partial charge in [-0.05, 0) is 38.8 Å². The summed E-state index contributed by atoms with van der Waals surface area (Å²) < 4.78 is 0. The molecule has 0 aliphatic carbocycles. The lowest BCUT2D eigenvalue weighted by Crippen LogP contribution is -2.54. The van der Waals surface area contributed by atoms with Crippen LogP contribution >= 0.6 is 0 Å². The Morgan fingerprint density at radius 3 is 2.60 bits per heavy atom. The molecule has 15 heavy (non-hydrogen) atoms. The van der Waals surface area contributed by atoms with Crippen LogP contribution in [0.5, 0.6) is 0 Å². The average Bonchev–Trinajstić information content (AvgIpc) is 2.23. The van der Waals surface area contributed by atoms with Crippen molar-refractivity contribution in [1.82, 2.24) is 0 Å². The third-order valence-electron chi connectivity index (χ3n) is 3.34. The Morgan fingerprint density at radius 2 is 1.93 bits per heavy atom. The number of nitrogens with two attached hydrogens (primary N) is 1. The van der Waals surface area contributed by atoms with Crippen molar-refractivity contribution in [2.24, 2.45) is 5.73 Å². The highest BCUT2D eigenvalue weighted by Crippen LogP contribution is 2.31. The number of hydrogen-bond donors (Lipinski definition) is 1. The van der Waals surface area contributed by atoms with E-state index < -0.39 is 0 Å². The van der Waals surface area contributed by atoms with Crippen molar-refractivity contribution in [1.29, 1.82) is 0 Å². The minimum absolute atomic E-state index is 0.233. The van der Waals surface area contributed by atoms with E-state index in [2.05, 4.69) is 49.1 Å². The molecule has 0 spiro atoms.